The molecule has 2 heterocycles. The number of hydrogen-bond donors (Lipinski definition) is 3. The zero-order valence-electron chi connectivity index (χ0n) is 12.8. The number of urea groups is 1. The molecule has 1 saturated heterocycles. The average molecular weight is 342 g/mol. The largest absolute Gasteiger partial charge is 0.481 e. The van der Waals surface area contributed by atoms with Crippen molar-refractivity contribution in [1.82, 2.24) is 16.0 Å². The summed E-state index contributed by atoms with van der Waals surface area (Å²) in [6.45, 7) is -0.713. The molecule has 0 radical (unpaired) electrons. The predicted octanol–water partition coefficient (Wildman–Crippen LogP) is 0.289. The lowest BCUT2D eigenvalue weighted by Crippen LogP contribution is -2.44. The normalized spacial score (nSPS) is 17.0. The maximum Gasteiger partial charge on any atom is 0.353 e. The second-order valence-electron chi connectivity index (χ2n) is 5.26. The second kappa shape index (κ2) is 6.00. The minimum atomic E-state index is -0.755. The highest BCUT2D eigenvalue weighted by Crippen LogP contribution is 2.43. The van der Waals surface area contributed by atoms with E-state index in [1.54, 1.807) is 0 Å². The fourth-order valence-corrected chi connectivity index (χ4v) is 2.49. The summed E-state index contributed by atoms with van der Waals surface area (Å²) in [6.07, 6.45) is 0.126. The first kappa shape index (κ1) is 16.1. The molecule has 4 N–H and O–H groups in total. The van der Waals surface area contributed by atoms with Crippen molar-refractivity contribution in [1.29, 1.82) is 0 Å². The van der Waals surface area contributed by atoms with Crippen LogP contribution in [-0.2, 0) is 4.79 Å². The summed E-state index contributed by atoms with van der Waals surface area (Å²) in [5.41, 5.74) is 10.9. The van der Waals surface area contributed by atoms with Crippen molar-refractivity contribution in [3.05, 3.63) is 11.9 Å². The van der Waals surface area contributed by atoms with Gasteiger partial charge in [0.25, 0.3) is 5.91 Å². The number of fused-ring (bicyclic) bond motifs is 1. The molecule has 1 aromatic rings. The number of rotatable bonds is 4. The van der Waals surface area contributed by atoms with Crippen molar-refractivity contribution in [2.45, 2.75) is 6.42 Å². The van der Waals surface area contributed by atoms with Crippen LogP contribution in [0.25, 0.3) is 0 Å². The standard InChI is InChI=1S/C13H16F2N6O3/c1-19-9(22)6-24-8-5-7(15)11(10(16)12(8)19)21-17-13(23)20(18-21)4-2-3-14/h5,18H,2-4,6,16H2,1H3,(H,17,23). The third-order valence-electron chi connectivity index (χ3n) is 3.70. The summed E-state index contributed by atoms with van der Waals surface area (Å²) in [7, 11) is 1.49. The first-order valence-corrected chi connectivity index (χ1v) is 7.16. The van der Waals surface area contributed by atoms with Gasteiger partial charge in [-0.05, 0) is 6.42 Å². The minimum absolute atomic E-state index is 0.0827. The van der Waals surface area contributed by atoms with Crippen LogP contribution in [0.2, 0.25) is 0 Å². The molecule has 3 rings (SSSR count). The summed E-state index contributed by atoms with van der Waals surface area (Å²) in [6, 6.07) is 0.503. The molecule has 24 heavy (non-hydrogen) atoms. The highest BCUT2D eigenvalue weighted by molar-refractivity contribution is 6.03. The number of benzene rings is 1. The van der Waals surface area contributed by atoms with E-state index in [-0.39, 0.29) is 48.3 Å². The van der Waals surface area contributed by atoms with Gasteiger partial charge in [-0.25, -0.2) is 19.6 Å². The Morgan fingerprint density at radius 3 is 2.83 bits per heavy atom. The first-order chi connectivity index (χ1) is 11.4. The summed E-state index contributed by atoms with van der Waals surface area (Å²) in [5.74, 6) is -0.959. The van der Waals surface area contributed by atoms with Gasteiger partial charge in [-0.3, -0.25) is 9.18 Å². The molecule has 130 valence electrons. The number of halogens is 2. The Labute approximate surface area is 135 Å². The van der Waals surface area contributed by atoms with Gasteiger partial charge < -0.3 is 15.4 Å². The van der Waals surface area contributed by atoms with Gasteiger partial charge in [0.2, 0.25) is 0 Å². The van der Waals surface area contributed by atoms with Gasteiger partial charge in [0.1, 0.15) is 17.1 Å². The van der Waals surface area contributed by atoms with Gasteiger partial charge in [-0.15, -0.1) is 5.53 Å². The molecule has 3 amide bonds. The van der Waals surface area contributed by atoms with Gasteiger partial charge in [-0.2, -0.15) is 5.12 Å². The molecular weight excluding hydrogens is 326 g/mol. The zero-order chi connectivity index (χ0) is 17.4. The molecule has 1 aromatic carbocycles. The van der Waals surface area contributed by atoms with E-state index in [0.29, 0.717) is 0 Å². The smallest absolute Gasteiger partial charge is 0.353 e. The van der Waals surface area contributed by atoms with E-state index in [0.717, 1.165) is 16.2 Å². The molecule has 2 aliphatic rings. The van der Waals surface area contributed by atoms with Crippen LogP contribution in [-0.4, -0.2) is 43.8 Å². The number of hydrazine groups is 3. The predicted molar refractivity (Wildman–Crippen MR) is 81.2 cm³/mol. The molecular formula is C13H16F2N6O3. The number of likely N-dealkylation sites (N-methyl/N-ethyl adjacent to an activating group) is 1. The van der Waals surface area contributed by atoms with Crippen LogP contribution in [0.1, 0.15) is 6.42 Å². The molecule has 1 fully saturated rings. The molecule has 0 saturated carbocycles. The zero-order valence-corrected chi connectivity index (χ0v) is 12.8. The molecule has 11 heteroatoms. The molecule has 0 unspecified atom stereocenters. The van der Waals surface area contributed by atoms with Crippen molar-refractivity contribution >= 4 is 29.0 Å². The third-order valence-corrected chi connectivity index (χ3v) is 3.70. The molecule has 0 spiro atoms. The number of anilines is 3. The fraction of sp³-hybridized carbons (Fsp3) is 0.385. The Morgan fingerprint density at radius 2 is 2.12 bits per heavy atom. The lowest BCUT2D eigenvalue weighted by molar-refractivity contribution is -0.120. The topological polar surface area (TPSA) is 103 Å². The van der Waals surface area contributed by atoms with Crippen molar-refractivity contribution < 1.29 is 23.1 Å². The lowest BCUT2D eigenvalue weighted by atomic mass is 10.1. The Hall–Kier alpha value is -2.82. The number of nitrogens with one attached hydrogen (secondary N) is 2. The number of nitrogen functional groups attached to an aromatic ring is 1. The maximum absolute atomic E-state index is 14.4. The number of carbonyl (C=O) groups is 2. The average Bonchev–Trinajstić information content (AvgIpc) is 2.89. The van der Waals surface area contributed by atoms with E-state index in [1.807, 2.05) is 0 Å². The summed E-state index contributed by atoms with van der Waals surface area (Å²) < 4.78 is 31.9. The third kappa shape index (κ3) is 2.52. The number of nitrogens with two attached hydrogens (primary N) is 1. The van der Waals surface area contributed by atoms with Crippen LogP contribution in [0.15, 0.2) is 6.07 Å². The number of alkyl halides is 1. The van der Waals surface area contributed by atoms with E-state index in [2.05, 4.69) is 11.0 Å². The fourth-order valence-electron chi connectivity index (χ4n) is 2.49. The van der Waals surface area contributed by atoms with Gasteiger partial charge >= 0.3 is 6.03 Å². The minimum Gasteiger partial charge on any atom is -0.481 e. The summed E-state index contributed by atoms with van der Waals surface area (Å²) in [4.78, 5) is 24.8. The Balaban J connectivity index is 1.95. The first-order valence-electron chi connectivity index (χ1n) is 7.16. The van der Waals surface area contributed by atoms with E-state index in [9.17, 15) is 18.4 Å². The lowest BCUT2D eigenvalue weighted by Gasteiger charge is -2.30. The number of amides is 3. The maximum atomic E-state index is 14.4. The van der Waals surface area contributed by atoms with Crippen molar-refractivity contribution in [2.24, 2.45) is 0 Å². The SMILES string of the molecule is CN1C(=O)COc2cc(F)c(N3NC(=O)N(CCCF)N3)c(N)c21. The number of ether oxygens (including phenoxy) is 1. The van der Waals surface area contributed by atoms with Crippen LogP contribution in [0.3, 0.4) is 0 Å². The monoisotopic (exact) mass is 342 g/mol. The van der Waals surface area contributed by atoms with Crippen LogP contribution in [0, 0.1) is 5.82 Å². The van der Waals surface area contributed by atoms with Gasteiger partial charge in [0.15, 0.2) is 12.4 Å². The van der Waals surface area contributed by atoms with Crippen LogP contribution >= 0.6 is 0 Å². The van der Waals surface area contributed by atoms with Crippen molar-refractivity contribution in [2.75, 3.05) is 42.6 Å². The van der Waals surface area contributed by atoms with Crippen LogP contribution in [0.4, 0.5) is 30.6 Å². The molecule has 0 atom stereocenters. The number of nitrogens with zero attached hydrogens (tertiary/aromatic N) is 3. The summed E-state index contributed by atoms with van der Waals surface area (Å²) in [5, 5.41) is 2.07. The van der Waals surface area contributed by atoms with Gasteiger partial charge in [0, 0.05) is 19.7 Å². The van der Waals surface area contributed by atoms with E-state index in [1.165, 1.54) is 11.9 Å². The van der Waals surface area contributed by atoms with Crippen molar-refractivity contribution in [3.8, 4) is 5.75 Å². The number of carbonyl (C=O) groups excluding carboxylic acids is 2. The van der Waals surface area contributed by atoms with E-state index in [4.69, 9.17) is 10.5 Å². The Morgan fingerprint density at radius 1 is 1.38 bits per heavy atom. The molecule has 9 nitrogen and oxygen atoms in total. The number of hydrogen-bond acceptors (Lipinski definition) is 6. The molecule has 2 aliphatic heterocycles. The second-order valence-corrected chi connectivity index (χ2v) is 5.26. The highest BCUT2D eigenvalue weighted by Gasteiger charge is 2.34. The highest BCUT2D eigenvalue weighted by atomic mass is 19.1. The Bertz CT molecular complexity index is 701. The Kier molecular flexibility index (Phi) is 4.01. The van der Waals surface area contributed by atoms with E-state index < -0.39 is 18.5 Å². The van der Waals surface area contributed by atoms with E-state index >= 15 is 0 Å². The molecule has 0 aromatic heterocycles. The van der Waals surface area contributed by atoms with Crippen LogP contribution < -0.4 is 31.4 Å². The van der Waals surface area contributed by atoms with Gasteiger partial charge in [0.05, 0.1) is 12.4 Å². The van der Waals surface area contributed by atoms with Gasteiger partial charge in [-0.1, -0.05) is 0 Å². The molecule has 0 aliphatic carbocycles. The molecule has 0 bridgehead atoms. The van der Waals surface area contributed by atoms with Crippen LogP contribution in [0.5, 0.6) is 5.75 Å². The summed E-state index contributed by atoms with van der Waals surface area (Å²) >= 11 is 0. The van der Waals surface area contributed by atoms with Crippen molar-refractivity contribution in [3.63, 3.8) is 0 Å². The quantitative estimate of drug-likeness (QED) is 0.680.